The van der Waals surface area contributed by atoms with E-state index in [0.29, 0.717) is 6.61 Å². The van der Waals surface area contributed by atoms with Crippen molar-refractivity contribution >= 4 is 23.2 Å². The first-order valence-corrected chi connectivity index (χ1v) is 9.55. The second kappa shape index (κ2) is 9.21. The largest absolute Gasteiger partial charge is 0.494 e. The Bertz CT molecular complexity index is 751. The van der Waals surface area contributed by atoms with Crippen molar-refractivity contribution in [3.63, 3.8) is 0 Å². The Hall–Kier alpha value is -2.82. The maximum atomic E-state index is 12.5. The van der Waals surface area contributed by atoms with Crippen LogP contribution in [0, 0.1) is 11.8 Å². The Morgan fingerprint density at radius 2 is 1.30 bits per heavy atom. The van der Waals surface area contributed by atoms with Gasteiger partial charge in [-0.05, 0) is 69.0 Å². The highest BCUT2D eigenvalue weighted by molar-refractivity contribution is 5.94. The standard InChI is InChI=1S/C22H26N2O3/c1-2-27-20-14-12-19(13-15-20)24-22(26)17-10-8-16(9-11-17)21(25)23-18-6-4-3-5-7-18/h3-7,12-17H,2,8-11H2,1H3,(H,23,25)(H,24,26). The third-order valence-corrected chi connectivity index (χ3v) is 4.94. The van der Waals surface area contributed by atoms with Crippen LogP contribution in [0.5, 0.6) is 5.75 Å². The number of rotatable bonds is 6. The second-order valence-electron chi connectivity index (χ2n) is 6.85. The molecule has 1 aliphatic rings. The molecule has 2 N–H and O–H groups in total. The van der Waals surface area contributed by atoms with Gasteiger partial charge < -0.3 is 15.4 Å². The van der Waals surface area contributed by atoms with Crippen LogP contribution < -0.4 is 15.4 Å². The lowest BCUT2D eigenvalue weighted by atomic mass is 9.81. The molecule has 0 heterocycles. The van der Waals surface area contributed by atoms with Crippen molar-refractivity contribution in [1.29, 1.82) is 0 Å². The molecule has 27 heavy (non-hydrogen) atoms. The number of carbonyl (C=O) groups excluding carboxylic acids is 2. The van der Waals surface area contributed by atoms with E-state index in [1.807, 2.05) is 61.5 Å². The molecular formula is C22H26N2O3. The second-order valence-corrected chi connectivity index (χ2v) is 6.85. The Labute approximate surface area is 160 Å². The maximum absolute atomic E-state index is 12.5. The van der Waals surface area contributed by atoms with Gasteiger partial charge >= 0.3 is 0 Å². The number of anilines is 2. The van der Waals surface area contributed by atoms with Gasteiger partial charge in [-0.25, -0.2) is 0 Å². The molecule has 0 radical (unpaired) electrons. The van der Waals surface area contributed by atoms with Crippen molar-refractivity contribution < 1.29 is 14.3 Å². The molecular weight excluding hydrogens is 340 g/mol. The van der Waals surface area contributed by atoms with E-state index in [9.17, 15) is 9.59 Å². The first kappa shape index (κ1) is 19.0. The van der Waals surface area contributed by atoms with E-state index in [1.54, 1.807) is 0 Å². The normalized spacial score (nSPS) is 19.1. The predicted molar refractivity (Wildman–Crippen MR) is 107 cm³/mol. The number of carbonyl (C=O) groups is 2. The summed E-state index contributed by atoms with van der Waals surface area (Å²) in [5.74, 6) is 0.796. The molecule has 5 nitrogen and oxygen atoms in total. The Balaban J connectivity index is 1.46. The van der Waals surface area contributed by atoms with Crippen LogP contribution in [0.2, 0.25) is 0 Å². The molecule has 3 rings (SSSR count). The highest BCUT2D eigenvalue weighted by atomic mass is 16.5. The summed E-state index contributed by atoms with van der Waals surface area (Å²) >= 11 is 0. The van der Waals surface area contributed by atoms with Crippen molar-refractivity contribution in [3.05, 3.63) is 54.6 Å². The number of hydrogen-bond acceptors (Lipinski definition) is 3. The molecule has 1 fully saturated rings. The summed E-state index contributed by atoms with van der Waals surface area (Å²) in [5, 5.41) is 5.93. The molecule has 2 aromatic rings. The topological polar surface area (TPSA) is 67.4 Å². The molecule has 0 aromatic heterocycles. The molecule has 142 valence electrons. The van der Waals surface area contributed by atoms with Crippen LogP contribution in [-0.4, -0.2) is 18.4 Å². The molecule has 0 bridgehead atoms. The van der Waals surface area contributed by atoms with Crippen LogP contribution in [0.25, 0.3) is 0 Å². The number of amides is 2. The summed E-state index contributed by atoms with van der Waals surface area (Å²) < 4.78 is 5.41. The molecule has 2 amide bonds. The number of nitrogens with one attached hydrogen (secondary N) is 2. The highest BCUT2D eigenvalue weighted by Crippen LogP contribution is 2.30. The van der Waals surface area contributed by atoms with Crippen molar-refractivity contribution in [1.82, 2.24) is 0 Å². The molecule has 0 aliphatic heterocycles. The van der Waals surface area contributed by atoms with Crippen molar-refractivity contribution in [2.75, 3.05) is 17.2 Å². The molecule has 0 saturated heterocycles. The van der Waals surface area contributed by atoms with Crippen molar-refractivity contribution in [2.45, 2.75) is 32.6 Å². The van der Waals surface area contributed by atoms with E-state index < -0.39 is 0 Å². The summed E-state index contributed by atoms with van der Waals surface area (Å²) in [4.78, 5) is 24.9. The minimum atomic E-state index is -0.0441. The lowest BCUT2D eigenvalue weighted by Crippen LogP contribution is -2.31. The van der Waals surface area contributed by atoms with Crippen molar-refractivity contribution in [3.8, 4) is 5.75 Å². The summed E-state index contributed by atoms with van der Waals surface area (Å²) in [6.45, 7) is 2.55. The Kier molecular flexibility index (Phi) is 6.47. The predicted octanol–water partition coefficient (Wildman–Crippen LogP) is 4.47. The average molecular weight is 366 g/mol. The van der Waals surface area contributed by atoms with E-state index in [2.05, 4.69) is 10.6 Å². The zero-order valence-electron chi connectivity index (χ0n) is 15.6. The van der Waals surface area contributed by atoms with E-state index in [0.717, 1.165) is 42.8 Å². The zero-order chi connectivity index (χ0) is 19.1. The average Bonchev–Trinajstić information content (AvgIpc) is 2.70. The molecule has 0 spiro atoms. The third-order valence-electron chi connectivity index (χ3n) is 4.94. The van der Waals surface area contributed by atoms with Gasteiger partial charge in [0.05, 0.1) is 6.61 Å². The van der Waals surface area contributed by atoms with Gasteiger partial charge in [0.2, 0.25) is 11.8 Å². The minimum Gasteiger partial charge on any atom is -0.494 e. The first-order chi connectivity index (χ1) is 13.2. The van der Waals surface area contributed by atoms with E-state index in [1.165, 1.54) is 0 Å². The van der Waals surface area contributed by atoms with Crippen LogP contribution >= 0.6 is 0 Å². The number of para-hydroxylation sites is 1. The van der Waals surface area contributed by atoms with E-state index in [-0.39, 0.29) is 23.7 Å². The van der Waals surface area contributed by atoms with Gasteiger partial charge in [0.25, 0.3) is 0 Å². The van der Waals surface area contributed by atoms with Gasteiger partial charge in [-0.2, -0.15) is 0 Å². The molecule has 0 atom stereocenters. The van der Waals surface area contributed by atoms with Crippen LogP contribution in [0.1, 0.15) is 32.6 Å². The molecule has 5 heteroatoms. The fourth-order valence-electron chi connectivity index (χ4n) is 3.43. The summed E-state index contributed by atoms with van der Waals surface area (Å²) in [6, 6.07) is 16.9. The maximum Gasteiger partial charge on any atom is 0.227 e. The van der Waals surface area contributed by atoms with Gasteiger partial charge in [0, 0.05) is 23.2 Å². The smallest absolute Gasteiger partial charge is 0.227 e. The number of ether oxygens (including phenoxy) is 1. The molecule has 1 aliphatic carbocycles. The highest BCUT2D eigenvalue weighted by Gasteiger charge is 2.30. The summed E-state index contributed by atoms with van der Waals surface area (Å²) in [6.07, 6.45) is 2.94. The lowest BCUT2D eigenvalue weighted by Gasteiger charge is -2.27. The summed E-state index contributed by atoms with van der Waals surface area (Å²) in [7, 11) is 0. The SMILES string of the molecule is CCOc1ccc(NC(=O)C2CCC(C(=O)Nc3ccccc3)CC2)cc1. The minimum absolute atomic E-state index is 0.0280. The van der Waals surface area contributed by atoms with Crippen LogP contribution in [0.4, 0.5) is 11.4 Å². The zero-order valence-corrected chi connectivity index (χ0v) is 15.6. The Morgan fingerprint density at radius 1 is 0.815 bits per heavy atom. The molecule has 1 saturated carbocycles. The van der Waals surface area contributed by atoms with Crippen LogP contribution in [-0.2, 0) is 9.59 Å². The van der Waals surface area contributed by atoms with Gasteiger partial charge in [-0.1, -0.05) is 18.2 Å². The summed E-state index contributed by atoms with van der Waals surface area (Å²) in [5.41, 5.74) is 1.59. The van der Waals surface area contributed by atoms with Gasteiger partial charge in [-0.3, -0.25) is 9.59 Å². The monoisotopic (exact) mass is 366 g/mol. The fourth-order valence-corrected chi connectivity index (χ4v) is 3.43. The van der Waals surface area contributed by atoms with Crippen molar-refractivity contribution in [2.24, 2.45) is 11.8 Å². The molecule has 2 aromatic carbocycles. The van der Waals surface area contributed by atoms with Gasteiger partial charge in [-0.15, -0.1) is 0 Å². The van der Waals surface area contributed by atoms with Gasteiger partial charge in [0.1, 0.15) is 5.75 Å². The van der Waals surface area contributed by atoms with Crippen LogP contribution in [0.3, 0.4) is 0 Å². The van der Waals surface area contributed by atoms with Crippen LogP contribution in [0.15, 0.2) is 54.6 Å². The van der Waals surface area contributed by atoms with E-state index >= 15 is 0 Å². The van der Waals surface area contributed by atoms with E-state index in [4.69, 9.17) is 4.74 Å². The van der Waals surface area contributed by atoms with Gasteiger partial charge in [0.15, 0.2) is 0 Å². The molecule has 0 unspecified atom stereocenters. The fraction of sp³-hybridized carbons (Fsp3) is 0.364. The number of hydrogen-bond donors (Lipinski definition) is 2. The quantitative estimate of drug-likeness (QED) is 0.793. The Morgan fingerprint density at radius 3 is 1.78 bits per heavy atom. The lowest BCUT2D eigenvalue weighted by molar-refractivity contribution is -0.125. The number of benzene rings is 2. The third kappa shape index (κ3) is 5.33. The first-order valence-electron chi connectivity index (χ1n) is 9.55.